The fourth-order valence-electron chi connectivity index (χ4n) is 5.15. The summed E-state index contributed by atoms with van der Waals surface area (Å²) in [6.45, 7) is 3.84. The van der Waals surface area contributed by atoms with Crippen molar-refractivity contribution in [3.8, 4) is 22.6 Å². The molecule has 4 nitrogen and oxygen atoms in total. The number of hydrogen-bond acceptors (Lipinski definition) is 4. The summed E-state index contributed by atoms with van der Waals surface area (Å²) >= 11 is 7.18. The normalized spacial score (nSPS) is 13.7. The van der Waals surface area contributed by atoms with Crippen LogP contribution in [0.2, 0.25) is 0 Å². The maximum absolute atomic E-state index is 6.54. The molecule has 0 atom stereocenters. The zero-order valence-electron chi connectivity index (χ0n) is 21.2. The average Bonchev–Trinajstić information content (AvgIpc) is 3.46. The van der Waals surface area contributed by atoms with Gasteiger partial charge in [-0.3, -0.25) is 0 Å². The van der Waals surface area contributed by atoms with E-state index in [9.17, 15) is 0 Å². The number of benzene rings is 5. The van der Waals surface area contributed by atoms with Crippen LogP contribution in [0.4, 0.5) is 17.1 Å². The number of ether oxygens (including phenoxy) is 2. The average molecular weight is 641 g/mol. The van der Waals surface area contributed by atoms with E-state index in [1.807, 2.05) is 38.1 Å². The SMILES string of the molecule is CC1(C)Oc2ccc(-c3cc(N(c4ccc(Br)cc4)c4ccc(Br)cc4)c4oc5ccccc5c4c3)cc2O1. The monoisotopic (exact) mass is 639 g/mol. The lowest BCUT2D eigenvalue weighted by atomic mass is 10.00. The summed E-state index contributed by atoms with van der Waals surface area (Å²) < 4.78 is 20.6. The molecule has 1 aliphatic heterocycles. The Morgan fingerprint density at radius 1 is 0.615 bits per heavy atom. The van der Waals surface area contributed by atoms with Gasteiger partial charge in [-0.2, -0.15) is 0 Å². The van der Waals surface area contributed by atoms with E-state index in [0.717, 1.165) is 70.6 Å². The van der Waals surface area contributed by atoms with Gasteiger partial charge in [0.15, 0.2) is 17.1 Å². The van der Waals surface area contributed by atoms with Gasteiger partial charge in [0.25, 0.3) is 0 Å². The Morgan fingerprint density at radius 3 is 1.95 bits per heavy atom. The number of para-hydroxylation sites is 1. The van der Waals surface area contributed by atoms with E-state index in [4.69, 9.17) is 13.9 Å². The van der Waals surface area contributed by atoms with Gasteiger partial charge in [0.2, 0.25) is 5.79 Å². The number of furan rings is 1. The minimum absolute atomic E-state index is 0.684. The van der Waals surface area contributed by atoms with E-state index in [1.54, 1.807) is 0 Å². The molecule has 0 saturated heterocycles. The Hall–Kier alpha value is -3.74. The van der Waals surface area contributed by atoms with E-state index in [-0.39, 0.29) is 0 Å². The Bertz CT molecular complexity index is 1810. The van der Waals surface area contributed by atoms with E-state index < -0.39 is 5.79 Å². The minimum Gasteiger partial charge on any atom is -0.454 e. The molecule has 0 saturated carbocycles. The third kappa shape index (κ3) is 4.38. The fraction of sp³-hybridized carbons (Fsp3) is 0.0909. The topological polar surface area (TPSA) is 34.8 Å². The molecule has 0 unspecified atom stereocenters. The summed E-state index contributed by atoms with van der Waals surface area (Å²) in [6.07, 6.45) is 0. The Kier molecular flexibility index (Phi) is 5.72. The molecule has 1 aromatic heterocycles. The van der Waals surface area contributed by atoms with Gasteiger partial charge in [-0.15, -0.1) is 0 Å². The summed E-state index contributed by atoms with van der Waals surface area (Å²) in [7, 11) is 0. The van der Waals surface area contributed by atoms with Gasteiger partial charge >= 0.3 is 0 Å². The number of halogens is 2. The highest BCUT2D eigenvalue weighted by molar-refractivity contribution is 9.10. The van der Waals surface area contributed by atoms with Crippen LogP contribution in [0.1, 0.15) is 13.8 Å². The molecule has 6 aromatic rings. The summed E-state index contributed by atoms with van der Waals surface area (Å²) in [5.41, 5.74) is 6.76. The third-order valence-electron chi connectivity index (χ3n) is 6.86. The molecule has 2 heterocycles. The van der Waals surface area contributed by atoms with Crippen molar-refractivity contribution in [2.75, 3.05) is 4.90 Å². The van der Waals surface area contributed by atoms with E-state index in [0.29, 0.717) is 0 Å². The van der Waals surface area contributed by atoms with Crippen LogP contribution in [-0.2, 0) is 0 Å². The van der Waals surface area contributed by atoms with Crippen molar-refractivity contribution in [3.63, 3.8) is 0 Å². The zero-order valence-corrected chi connectivity index (χ0v) is 24.4. The number of nitrogens with zero attached hydrogens (tertiary/aromatic N) is 1. The van der Waals surface area contributed by atoms with Crippen molar-refractivity contribution in [1.29, 1.82) is 0 Å². The van der Waals surface area contributed by atoms with E-state index >= 15 is 0 Å². The molecule has 0 spiro atoms. The van der Waals surface area contributed by atoms with Crippen molar-refractivity contribution in [2.45, 2.75) is 19.6 Å². The summed E-state index contributed by atoms with van der Waals surface area (Å²) in [6, 6.07) is 35.4. The Labute approximate surface area is 243 Å². The van der Waals surface area contributed by atoms with Crippen LogP contribution in [0, 0.1) is 0 Å². The molecular formula is C33H23Br2NO3. The largest absolute Gasteiger partial charge is 0.454 e. The fourth-order valence-corrected chi connectivity index (χ4v) is 5.68. The zero-order chi connectivity index (χ0) is 26.7. The third-order valence-corrected chi connectivity index (χ3v) is 7.92. The number of hydrogen-bond donors (Lipinski definition) is 0. The molecule has 39 heavy (non-hydrogen) atoms. The summed E-state index contributed by atoms with van der Waals surface area (Å²) in [5.74, 6) is 0.815. The lowest BCUT2D eigenvalue weighted by Gasteiger charge is -2.26. The quantitative estimate of drug-likeness (QED) is 0.192. The smallest absolute Gasteiger partial charge is 0.246 e. The molecule has 0 fully saturated rings. The number of anilines is 3. The molecule has 5 aromatic carbocycles. The highest BCUT2D eigenvalue weighted by atomic mass is 79.9. The maximum Gasteiger partial charge on any atom is 0.246 e. The van der Waals surface area contributed by atoms with Gasteiger partial charge in [0, 0.05) is 44.9 Å². The summed E-state index contributed by atoms with van der Waals surface area (Å²) in [5, 5.41) is 2.12. The lowest BCUT2D eigenvalue weighted by Crippen LogP contribution is -2.29. The van der Waals surface area contributed by atoms with E-state index in [2.05, 4.69) is 116 Å². The van der Waals surface area contributed by atoms with Crippen molar-refractivity contribution >= 4 is 70.9 Å². The van der Waals surface area contributed by atoms with E-state index in [1.165, 1.54) is 0 Å². The summed E-state index contributed by atoms with van der Waals surface area (Å²) in [4.78, 5) is 2.24. The molecule has 0 bridgehead atoms. The maximum atomic E-state index is 6.54. The first-order valence-electron chi connectivity index (χ1n) is 12.6. The molecule has 192 valence electrons. The molecule has 6 heteroatoms. The Morgan fingerprint density at radius 2 is 1.26 bits per heavy atom. The van der Waals surface area contributed by atoms with Crippen LogP contribution < -0.4 is 14.4 Å². The second-order valence-corrected chi connectivity index (χ2v) is 11.9. The van der Waals surface area contributed by atoms with Crippen LogP contribution in [0.5, 0.6) is 11.5 Å². The van der Waals surface area contributed by atoms with Gasteiger partial charge in [0.05, 0.1) is 5.69 Å². The van der Waals surface area contributed by atoms with Gasteiger partial charge in [-0.25, -0.2) is 0 Å². The van der Waals surface area contributed by atoms with Crippen molar-refractivity contribution in [3.05, 3.63) is 112 Å². The van der Waals surface area contributed by atoms with Gasteiger partial charge < -0.3 is 18.8 Å². The predicted molar refractivity (Wildman–Crippen MR) is 165 cm³/mol. The van der Waals surface area contributed by atoms with Gasteiger partial charge in [-0.05, 0) is 90.0 Å². The van der Waals surface area contributed by atoms with Crippen LogP contribution in [0.25, 0.3) is 33.1 Å². The van der Waals surface area contributed by atoms with Gasteiger partial charge in [-0.1, -0.05) is 56.1 Å². The van der Waals surface area contributed by atoms with Crippen molar-refractivity contribution in [2.24, 2.45) is 0 Å². The lowest BCUT2D eigenvalue weighted by molar-refractivity contribution is -0.0431. The Balaban J connectivity index is 1.51. The van der Waals surface area contributed by atoms with Crippen LogP contribution >= 0.6 is 31.9 Å². The first-order chi connectivity index (χ1) is 18.8. The first-order valence-corrected chi connectivity index (χ1v) is 14.2. The van der Waals surface area contributed by atoms with Crippen LogP contribution in [-0.4, -0.2) is 5.79 Å². The predicted octanol–water partition coefficient (Wildman–Crippen LogP) is 10.8. The molecule has 1 aliphatic rings. The van der Waals surface area contributed by atoms with Gasteiger partial charge in [0.1, 0.15) is 5.58 Å². The molecule has 0 radical (unpaired) electrons. The number of rotatable bonds is 4. The molecular weight excluding hydrogens is 618 g/mol. The molecule has 0 N–H and O–H groups in total. The van der Waals surface area contributed by atoms with Crippen molar-refractivity contribution < 1.29 is 13.9 Å². The highest BCUT2D eigenvalue weighted by Gasteiger charge is 2.32. The van der Waals surface area contributed by atoms with Crippen LogP contribution in [0.3, 0.4) is 0 Å². The molecule has 7 rings (SSSR count). The molecule has 0 amide bonds. The standard InChI is InChI=1S/C33H23Br2NO3/c1-33(2)38-30-16-7-20(19-31(30)39-33)21-17-27-26-5-3-4-6-29(26)37-32(27)28(18-21)36(24-12-8-22(34)9-13-24)25-14-10-23(35)11-15-25/h3-19H,1-2H3. The second kappa shape index (κ2) is 9.18. The highest BCUT2D eigenvalue weighted by Crippen LogP contribution is 2.47. The van der Waals surface area contributed by atoms with Crippen LogP contribution in [0.15, 0.2) is 116 Å². The second-order valence-electron chi connectivity index (χ2n) is 10.0. The molecule has 0 aliphatic carbocycles. The minimum atomic E-state index is -0.684. The van der Waals surface area contributed by atoms with Crippen molar-refractivity contribution in [1.82, 2.24) is 0 Å². The number of fused-ring (bicyclic) bond motifs is 4. The first kappa shape index (κ1) is 24.3.